The third kappa shape index (κ3) is 4.89. The van der Waals surface area contributed by atoms with Gasteiger partial charge in [0.25, 0.3) is 5.91 Å². The molecule has 0 spiro atoms. The van der Waals surface area contributed by atoms with Crippen LogP contribution in [0.3, 0.4) is 0 Å². The zero-order valence-electron chi connectivity index (χ0n) is 19.5. The predicted octanol–water partition coefficient (Wildman–Crippen LogP) is 3.86. The molecule has 35 heavy (non-hydrogen) atoms. The van der Waals surface area contributed by atoms with E-state index < -0.39 is 0 Å². The lowest BCUT2D eigenvalue weighted by atomic mass is 10.0. The van der Waals surface area contributed by atoms with Crippen LogP contribution in [0.2, 0.25) is 5.02 Å². The second-order valence-electron chi connectivity index (χ2n) is 8.74. The summed E-state index contributed by atoms with van der Waals surface area (Å²) in [4.78, 5) is 21.5. The van der Waals surface area contributed by atoms with E-state index in [1.54, 1.807) is 6.07 Å². The Morgan fingerprint density at radius 1 is 1.00 bits per heavy atom. The van der Waals surface area contributed by atoms with Crippen LogP contribution in [0.15, 0.2) is 54.6 Å². The second kappa shape index (κ2) is 9.48. The summed E-state index contributed by atoms with van der Waals surface area (Å²) in [5, 5.41) is 24.0. The van der Waals surface area contributed by atoms with E-state index in [0.29, 0.717) is 33.1 Å². The first-order valence-corrected chi connectivity index (χ1v) is 11.7. The number of benzene rings is 3. The summed E-state index contributed by atoms with van der Waals surface area (Å²) in [5.74, 6) is 0.288. The molecule has 1 aliphatic rings. The third-order valence-corrected chi connectivity index (χ3v) is 6.51. The van der Waals surface area contributed by atoms with Crippen LogP contribution in [0.25, 0.3) is 22.2 Å². The van der Waals surface area contributed by atoms with Crippen molar-refractivity contribution < 1.29 is 9.90 Å². The Balaban J connectivity index is 1.35. The molecule has 0 bridgehead atoms. The fraction of sp³-hybridized carbons (Fsp3) is 0.231. The van der Waals surface area contributed by atoms with Gasteiger partial charge in [-0.05, 0) is 73.1 Å². The Hall–Kier alpha value is -3.75. The molecule has 1 amide bonds. The minimum Gasteiger partial charge on any atom is -0.872 e. The molecule has 1 N–H and O–H groups in total. The summed E-state index contributed by atoms with van der Waals surface area (Å²) in [5.41, 5.74) is 5.04. The fourth-order valence-electron chi connectivity index (χ4n) is 4.16. The lowest BCUT2D eigenvalue weighted by Gasteiger charge is -2.32. The van der Waals surface area contributed by atoms with Crippen LogP contribution < -0.4 is 10.4 Å². The van der Waals surface area contributed by atoms with Crippen LogP contribution in [-0.4, -0.2) is 64.1 Å². The standard InChI is InChI=1S/C26H25ClN6O2/c1-16-13-18(21-15-20(34)7-8-22(21)27)14-23-24(16)29-26(31-30-23)28-19-5-3-17(4-6-19)25(35)33-11-9-32(2)10-12-33/h3-8,13-15,34H,9-12H2,1-2H3,(H,28,29,31)/p-1. The number of aryl methyl sites for hydroxylation is 1. The number of amides is 1. The van der Waals surface area contributed by atoms with Gasteiger partial charge < -0.3 is 20.2 Å². The van der Waals surface area contributed by atoms with Gasteiger partial charge in [-0.15, -0.1) is 15.9 Å². The zero-order valence-corrected chi connectivity index (χ0v) is 20.2. The van der Waals surface area contributed by atoms with Crippen molar-refractivity contribution in [2.24, 2.45) is 0 Å². The van der Waals surface area contributed by atoms with Crippen LogP contribution in [0.5, 0.6) is 5.75 Å². The van der Waals surface area contributed by atoms with Crippen LogP contribution in [0.1, 0.15) is 15.9 Å². The van der Waals surface area contributed by atoms with Gasteiger partial charge in [0, 0.05) is 42.5 Å². The summed E-state index contributed by atoms with van der Waals surface area (Å²) < 4.78 is 0. The Kier molecular flexibility index (Phi) is 6.23. The molecule has 1 saturated heterocycles. The number of hydrogen-bond donors (Lipinski definition) is 1. The van der Waals surface area contributed by atoms with Gasteiger partial charge in [0.15, 0.2) is 0 Å². The highest BCUT2D eigenvalue weighted by Crippen LogP contribution is 2.33. The molecule has 5 rings (SSSR count). The Bertz CT molecular complexity index is 1400. The van der Waals surface area contributed by atoms with Gasteiger partial charge in [-0.2, -0.15) is 0 Å². The number of anilines is 2. The summed E-state index contributed by atoms with van der Waals surface area (Å²) in [6.07, 6.45) is 0. The number of fused-ring (bicyclic) bond motifs is 1. The average molecular weight is 488 g/mol. The van der Waals surface area contributed by atoms with E-state index in [-0.39, 0.29) is 11.7 Å². The number of halogens is 1. The number of carbonyl (C=O) groups excluding carboxylic acids is 1. The van der Waals surface area contributed by atoms with Crippen molar-refractivity contribution in [2.45, 2.75) is 6.92 Å². The van der Waals surface area contributed by atoms with Crippen molar-refractivity contribution in [3.8, 4) is 16.9 Å². The maximum atomic E-state index is 12.8. The zero-order chi connectivity index (χ0) is 24.5. The summed E-state index contributed by atoms with van der Waals surface area (Å²) in [7, 11) is 2.06. The highest BCUT2D eigenvalue weighted by molar-refractivity contribution is 6.33. The van der Waals surface area contributed by atoms with Crippen molar-refractivity contribution in [2.75, 3.05) is 38.5 Å². The molecule has 0 aliphatic carbocycles. The SMILES string of the molecule is Cc1cc(-c2cc([O-])ccc2Cl)cc2nnc(Nc3ccc(C(=O)N4CCN(C)CC4)cc3)nc12. The Morgan fingerprint density at radius 3 is 2.49 bits per heavy atom. The molecular weight excluding hydrogens is 464 g/mol. The molecule has 0 radical (unpaired) electrons. The van der Waals surface area contributed by atoms with Crippen molar-refractivity contribution in [3.05, 3.63) is 70.7 Å². The third-order valence-electron chi connectivity index (χ3n) is 6.18. The normalized spacial score (nSPS) is 14.3. The van der Waals surface area contributed by atoms with Gasteiger partial charge in [-0.3, -0.25) is 4.79 Å². The first-order chi connectivity index (χ1) is 16.9. The van der Waals surface area contributed by atoms with Gasteiger partial charge >= 0.3 is 0 Å². The number of carbonyl (C=O) groups is 1. The van der Waals surface area contributed by atoms with E-state index in [1.807, 2.05) is 48.2 Å². The van der Waals surface area contributed by atoms with Gasteiger partial charge in [0.05, 0.1) is 5.52 Å². The molecule has 0 unspecified atom stereocenters. The molecular formula is C26H24ClN6O2-. The topological polar surface area (TPSA) is 97.3 Å². The summed E-state index contributed by atoms with van der Waals surface area (Å²) >= 11 is 6.30. The monoisotopic (exact) mass is 487 g/mol. The summed E-state index contributed by atoms with van der Waals surface area (Å²) in [6, 6.07) is 15.6. The quantitative estimate of drug-likeness (QED) is 0.466. The van der Waals surface area contributed by atoms with Crippen molar-refractivity contribution >= 4 is 40.2 Å². The van der Waals surface area contributed by atoms with E-state index in [4.69, 9.17) is 11.6 Å². The van der Waals surface area contributed by atoms with Crippen LogP contribution in [0.4, 0.5) is 11.6 Å². The Morgan fingerprint density at radius 2 is 1.74 bits per heavy atom. The van der Waals surface area contributed by atoms with E-state index in [9.17, 15) is 9.90 Å². The number of likely N-dealkylation sites (N-methyl/N-ethyl adjacent to an activating group) is 1. The molecule has 9 heteroatoms. The fourth-order valence-corrected chi connectivity index (χ4v) is 4.39. The van der Waals surface area contributed by atoms with E-state index >= 15 is 0 Å². The highest BCUT2D eigenvalue weighted by atomic mass is 35.5. The van der Waals surface area contributed by atoms with E-state index in [2.05, 4.69) is 32.4 Å². The number of rotatable bonds is 4. The molecule has 0 atom stereocenters. The molecule has 0 saturated carbocycles. The van der Waals surface area contributed by atoms with Crippen molar-refractivity contribution in [3.63, 3.8) is 0 Å². The number of aromatic nitrogens is 3. The van der Waals surface area contributed by atoms with Gasteiger partial charge in [0.2, 0.25) is 5.95 Å². The molecule has 2 heterocycles. The van der Waals surface area contributed by atoms with Crippen molar-refractivity contribution in [1.29, 1.82) is 0 Å². The number of nitrogens with one attached hydrogen (secondary N) is 1. The first-order valence-electron chi connectivity index (χ1n) is 11.3. The maximum absolute atomic E-state index is 12.8. The van der Waals surface area contributed by atoms with Crippen molar-refractivity contribution in [1.82, 2.24) is 25.0 Å². The maximum Gasteiger partial charge on any atom is 0.253 e. The largest absolute Gasteiger partial charge is 0.872 e. The summed E-state index contributed by atoms with van der Waals surface area (Å²) in [6.45, 7) is 5.17. The molecule has 178 valence electrons. The van der Waals surface area contributed by atoms with E-state index in [0.717, 1.165) is 43.0 Å². The van der Waals surface area contributed by atoms with Gasteiger partial charge in [0.1, 0.15) is 5.52 Å². The molecule has 4 aromatic rings. The molecule has 3 aromatic carbocycles. The number of hydrogen-bond acceptors (Lipinski definition) is 7. The van der Waals surface area contributed by atoms with Crippen LogP contribution in [0, 0.1) is 6.92 Å². The molecule has 1 aromatic heterocycles. The second-order valence-corrected chi connectivity index (χ2v) is 9.14. The Labute approximate surface area is 208 Å². The van der Waals surface area contributed by atoms with Gasteiger partial charge in [-0.1, -0.05) is 23.7 Å². The average Bonchev–Trinajstić information content (AvgIpc) is 2.86. The molecule has 1 aliphatic heterocycles. The molecule has 1 fully saturated rings. The molecule has 8 nitrogen and oxygen atoms in total. The predicted molar refractivity (Wildman–Crippen MR) is 135 cm³/mol. The van der Waals surface area contributed by atoms with E-state index in [1.165, 1.54) is 12.1 Å². The van der Waals surface area contributed by atoms with Gasteiger partial charge in [-0.25, -0.2) is 4.98 Å². The number of piperazine rings is 1. The lowest BCUT2D eigenvalue weighted by Crippen LogP contribution is -2.47. The lowest BCUT2D eigenvalue weighted by molar-refractivity contribution is -0.268. The highest BCUT2D eigenvalue weighted by Gasteiger charge is 2.20. The first kappa shape index (κ1) is 23.0. The minimum absolute atomic E-state index is 0.0438. The van der Waals surface area contributed by atoms with Crippen LogP contribution in [-0.2, 0) is 0 Å². The smallest absolute Gasteiger partial charge is 0.253 e. The van der Waals surface area contributed by atoms with Crippen LogP contribution >= 0.6 is 11.6 Å². The number of nitrogens with zero attached hydrogens (tertiary/aromatic N) is 5. The minimum atomic E-state index is -0.109.